The highest BCUT2D eigenvalue weighted by Crippen LogP contribution is 2.29. The van der Waals surface area contributed by atoms with Gasteiger partial charge in [-0.15, -0.1) is 11.3 Å². The van der Waals surface area contributed by atoms with Gasteiger partial charge in [0.05, 0.1) is 11.2 Å². The number of aromatic nitrogens is 3. The Bertz CT molecular complexity index is 1280. The van der Waals surface area contributed by atoms with Crippen molar-refractivity contribution in [3.8, 4) is 11.4 Å². The fourth-order valence-corrected chi connectivity index (χ4v) is 4.29. The summed E-state index contributed by atoms with van der Waals surface area (Å²) in [4.78, 5) is 21.1. The van der Waals surface area contributed by atoms with E-state index in [0.29, 0.717) is 12.1 Å². The van der Waals surface area contributed by atoms with E-state index >= 15 is 0 Å². The normalized spacial score (nSPS) is 11.3. The van der Waals surface area contributed by atoms with Crippen molar-refractivity contribution in [1.29, 1.82) is 0 Å². The number of aromatic hydroxyl groups is 1. The molecule has 4 aromatic rings. The molecule has 0 radical (unpaired) electrons. The van der Waals surface area contributed by atoms with Crippen LogP contribution >= 0.6 is 23.1 Å². The Hall–Kier alpha value is -2.92. The third kappa shape index (κ3) is 3.58. The highest BCUT2D eigenvalue weighted by atomic mass is 32.2. The predicted molar refractivity (Wildman–Crippen MR) is 101 cm³/mol. The lowest BCUT2D eigenvalue weighted by Crippen LogP contribution is -2.22. The molecule has 0 bridgehead atoms. The zero-order valence-electron chi connectivity index (χ0n) is 14.2. The van der Waals surface area contributed by atoms with Crippen LogP contribution in [-0.2, 0) is 5.75 Å². The van der Waals surface area contributed by atoms with Crippen LogP contribution in [0.2, 0.25) is 0 Å². The van der Waals surface area contributed by atoms with E-state index in [1.165, 1.54) is 17.6 Å². The van der Waals surface area contributed by atoms with Crippen LogP contribution < -0.4 is 5.56 Å². The van der Waals surface area contributed by atoms with Gasteiger partial charge in [0.2, 0.25) is 0 Å². The van der Waals surface area contributed by atoms with Crippen molar-refractivity contribution in [2.24, 2.45) is 0 Å². The molecule has 29 heavy (non-hydrogen) atoms. The van der Waals surface area contributed by atoms with Crippen LogP contribution in [0.15, 0.2) is 45.8 Å². The van der Waals surface area contributed by atoms with Gasteiger partial charge >= 0.3 is 0 Å². The molecule has 0 saturated heterocycles. The molecule has 2 aromatic heterocycles. The van der Waals surface area contributed by atoms with Crippen molar-refractivity contribution in [3.05, 3.63) is 75.0 Å². The van der Waals surface area contributed by atoms with E-state index in [9.17, 15) is 27.5 Å². The minimum Gasteiger partial charge on any atom is -0.508 e. The van der Waals surface area contributed by atoms with Crippen molar-refractivity contribution < 1.29 is 22.7 Å². The Morgan fingerprint density at radius 3 is 2.48 bits per heavy atom. The monoisotopic (exact) mass is 439 g/mol. The van der Waals surface area contributed by atoms with E-state index in [2.05, 4.69) is 9.97 Å². The molecule has 0 aliphatic heterocycles. The zero-order chi connectivity index (χ0) is 20.7. The molecule has 0 amide bonds. The number of thioether (sulfide) groups is 1. The second-order valence-electron chi connectivity index (χ2n) is 5.81. The highest BCUT2D eigenvalue weighted by molar-refractivity contribution is 7.98. The lowest BCUT2D eigenvalue weighted by atomic mass is 10.2. The van der Waals surface area contributed by atoms with Gasteiger partial charge in [0.15, 0.2) is 16.6 Å². The number of hydrogen-bond donors (Lipinski definition) is 1. The lowest BCUT2D eigenvalue weighted by molar-refractivity contribution is 0.468. The molecule has 148 valence electrons. The minimum atomic E-state index is -1.09. The van der Waals surface area contributed by atoms with Crippen molar-refractivity contribution in [3.63, 3.8) is 0 Å². The fourth-order valence-electron chi connectivity index (χ4n) is 2.63. The SMILES string of the molecule is O=c1c2scnc2nc(SCc2c(F)cc(F)cc2F)n1-c1ccc(O)cc1F. The second-order valence-corrected chi connectivity index (χ2v) is 7.61. The molecule has 0 aliphatic carbocycles. The third-order valence-electron chi connectivity index (χ3n) is 3.96. The molecule has 2 heterocycles. The first kappa shape index (κ1) is 19.4. The van der Waals surface area contributed by atoms with Gasteiger partial charge in [0, 0.05) is 29.5 Å². The first-order valence-corrected chi connectivity index (χ1v) is 9.83. The van der Waals surface area contributed by atoms with Gasteiger partial charge in [-0.25, -0.2) is 27.5 Å². The summed E-state index contributed by atoms with van der Waals surface area (Å²) in [5.74, 6) is -4.79. The smallest absolute Gasteiger partial charge is 0.278 e. The first-order chi connectivity index (χ1) is 13.8. The summed E-state index contributed by atoms with van der Waals surface area (Å²) in [6, 6.07) is 4.29. The predicted octanol–water partition coefficient (Wildman–Crippen LogP) is 4.40. The Kier molecular flexibility index (Phi) is 5.01. The molecule has 5 nitrogen and oxygen atoms in total. The first-order valence-electron chi connectivity index (χ1n) is 7.96. The lowest BCUT2D eigenvalue weighted by Gasteiger charge is -2.13. The van der Waals surface area contributed by atoms with Gasteiger partial charge in [0.25, 0.3) is 5.56 Å². The summed E-state index contributed by atoms with van der Waals surface area (Å²) in [6.45, 7) is 0. The van der Waals surface area contributed by atoms with Crippen LogP contribution in [0.5, 0.6) is 5.75 Å². The van der Waals surface area contributed by atoms with Gasteiger partial charge < -0.3 is 5.11 Å². The number of rotatable bonds is 4. The van der Waals surface area contributed by atoms with Crippen LogP contribution in [0.25, 0.3) is 16.0 Å². The summed E-state index contributed by atoms with van der Waals surface area (Å²) in [5.41, 5.74) is 0.271. The quantitative estimate of drug-likeness (QED) is 0.290. The van der Waals surface area contributed by atoms with E-state index in [1.807, 2.05) is 0 Å². The van der Waals surface area contributed by atoms with Crippen LogP contribution in [0.3, 0.4) is 0 Å². The Balaban J connectivity index is 1.85. The summed E-state index contributed by atoms with van der Waals surface area (Å²) in [7, 11) is 0. The Morgan fingerprint density at radius 2 is 1.79 bits per heavy atom. The molecule has 0 atom stereocenters. The maximum absolute atomic E-state index is 14.4. The molecule has 2 aromatic carbocycles. The molecule has 11 heteroatoms. The number of thiazole rings is 1. The van der Waals surface area contributed by atoms with Crippen LogP contribution in [-0.4, -0.2) is 19.6 Å². The van der Waals surface area contributed by atoms with Crippen LogP contribution in [0.4, 0.5) is 17.6 Å². The maximum atomic E-state index is 14.4. The highest BCUT2D eigenvalue weighted by Gasteiger charge is 2.20. The van der Waals surface area contributed by atoms with Gasteiger partial charge in [-0.1, -0.05) is 11.8 Å². The summed E-state index contributed by atoms with van der Waals surface area (Å²) < 4.78 is 56.5. The minimum absolute atomic E-state index is 0.0684. The van der Waals surface area contributed by atoms with Gasteiger partial charge in [-0.3, -0.25) is 9.36 Å². The second kappa shape index (κ2) is 7.48. The summed E-state index contributed by atoms with van der Waals surface area (Å²) in [6.07, 6.45) is 0. The van der Waals surface area contributed by atoms with Crippen molar-refractivity contribution in [1.82, 2.24) is 14.5 Å². The van der Waals surface area contributed by atoms with Crippen LogP contribution in [0, 0.1) is 23.3 Å². The van der Waals surface area contributed by atoms with Gasteiger partial charge in [-0.05, 0) is 12.1 Å². The molecule has 1 N–H and O–H groups in total. The maximum Gasteiger partial charge on any atom is 0.278 e. The standard InChI is InChI=1S/C18H9F4N3O2S2/c19-8-3-11(20)10(12(21)4-8)6-28-18-24-16-15(29-7-23-16)17(27)25(18)14-2-1-9(26)5-13(14)22/h1-5,7,26H,6H2. The number of nitrogens with zero attached hydrogens (tertiary/aromatic N) is 3. The number of phenols is 1. The fraction of sp³-hybridized carbons (Fsp3) is 0.0556. The number of hydrogen-bond acceptors (Lipinski definition) is 6. The largest absolute Gasteiger partial charge is 0.508 e. The molecular weight excluding hydrogens is 430 g/mol. The Morgan fingerprint density at radius 1 is 1.07 bits per heavy atom. The molecule has 0 saturated carbocycles. The molecular formula is C18H9F4N3O2S2. The van der Waals surface area contributed by atoms with Gasteiger partial charge in [-0.2, -0.15) is 0 Å². The van der Waals surface area contributed by atoms with E-state index < -0.39 is 34.4 Å². The molecule has 0 fully saturated rings. The van der Waals surface area contributed by atoms with Crippen molar-refractivity contribution >= 4 is 33.4 Å². The average molecular weight is 439 g/mol. The van der Waals surface area contributed by atoms with E-state index in [1.54, 1.807) is 0 Å². The molecule has 0 spiro atoms. The number of phenolic OH excluding ortho intramolecular Hbond substituents is 1. The van der Waals surface area contributed by atoms with E-state index in [0.717, 1.165) is 33.7 Å². The number of benzene rings is 2. The Labute approximate surface area is 168 Å². The number of fused-ring (bicyclic) bond motifs is 1. The number of halogens is 4. The summed E-state index contributed by atoms with van der Waals surface area (Å²) in [5, 5.41) is 9.36. The molecule has 0 unspecified atom stereocenters. The van der Waals surface area contributed by atoms with Crippen LogP contribution in [0.1, 0.15) is 5.56 Å². The third-order valence-corrected chi connectivity index (χ3v) is 5.73. The van der Waals surface area contributed by atoms with Crippen molar-refractivity contribution in [2.45, 2.75) is 10.9 Å². The molecule has 4 rings (SSSR count). The summed E-state index contributed by atoms with van der Waals surface area (Å²) >= 11 is 1.77. The zero-order valence-corrected chi connectivity index (χ0v) is 15.8. The van der Waals surface area contributed by atoms with Crippen molar-refractivity contribution in [2.75, 3.05) is 0 Å². The average Bonchev–Trinajstić information content (AvgIpc) is 3.11. The molecule has 0 aliphatic rings. The van der Waals surface area contributed by atoms with Gasteiger partial charge in [0.1, 0.15) is 27.9 Å². The van der Waals surface area contributed by atoms with E-state index in [-0.39, 0.29) is 32.7 Å². The van der Waals surface area contributed by atoms with E-state index in [4.69, 9.17) is 0 Å². The topological polar surface area (TPSA) is 68.0 Å².